The highest BCUT2D eigenvalue weighted by Gasteiger charge is 2.38. The van der Waals surface area contributed by atoms with Gasteiger partial charge in [0.1, 0.15) is 0 Å². The summed E-state index contributed by atoms with van der Waals surface area (Å²) in [5.74, 6) is 0.769. The summed E-state index contributed by atoms with van der Waals surface area (Å²) in [6.45, 7) is 11.0. The van der Waals surface area contributed by atoms with Gasteiger partial charge in [0.2, 0.25) is 0 Å². The third-order valence-electron chi connectivity index (χ3n) is 4.66. The topological polar surface area (TPSA) is 56.5 Å². The fourth-order valence-corrected chi connectivity index (χ4v) is 2.96. The Morgan fingerprint density at radius 2 is 1.89 bits per heavy atom. The first kappa shape index (κ1) is 14.3. The van der Waals surface area contributed by atoms with Gasteiger partial charge < -0.3 is 20.5 Å². The first-order valence-electron chi connectivity index (χ1n) is 7.14. The highest BCUT2D eigenvalue weighted by molar-refractivity contribution is 4.90. The molecule has 0 aromatic rings. The summed E-state index contributed by atoms with van der Waals surface area (Å²) in [6.07, 6.45) is 2.39. The van der Waals surface area contributed by atoms with E-state index < -0.39 is 0 Å². The zero-order valence-corrected chi connectivity index (χ0v) is 11.8. The van der Waals surface area contributed by atoms with Gasteiger partial charge in [-0.3, -0.25) is 0 Å². The SMILES string of the molecule is CC(C)(CNCC1(CN)COC1)C1CCOCC1. The molecule has 0 aromatic heterocycles. The number of nitrogens with one attached hydrogen (secondary N) is 1. The zero-order chi connectivity index (χ0) is 13.1. The molecule has 2 rings (SSSR count). The Bertz CT molecular complexity index is 253. The van der Waals surface area contributed by atoms with Crippen LogP contribution in [0.4, 0.5) is 0 Å². The Kier molecular flexibility index (Phi) is 4.64. The molecule has 4 heteroatoms. The van der Waals surface area contributed by atoms with Gasteiger partial charge in [-0.25, -0.2) is 0 Å². The van der Waals surface area contributed by atoms with Gasteiger partial charge in [-0.1, -0.05) is 13.8 Å². The molecular formula is C14H28N2O2. The molecule has 2 fully saturated rings. The summed E-state index contributed by atoms with van der Waals surface area (Å²) >= 11 is 0. The van der Waals surface area contributed by atoms with Crippen LogP contribution < -0.4 is 11.1 Å². The molecular weight excluding hydrogens is 228 g/mol. The van der Waals surface area contributed by atoms with Gasteiger partial charge in [0.15, 0.2) is 0 Å². The summed E-state index contributed by atoms with van der Waals surface area (Å²) < 4.78 is 10.7. The second-order valence-electron chi connectivity index (χ2n) is 6.68. The molecule has 0 saturated carbocycles. The normalized spacial score (nSPS) is 24.8. The van der Waals surface area contributed by atoms with Crippen LogP contribution >= 0.6 is 0 Å². The van der Waals surface area contributed by atoms with Gasteiger partial charge in [-0.05, 0) is 24.2 Å². The van der Waals surface area contributed by atoms with Crippen molar-refractivity contribution in [2.24, 2.45) is 22.5 Å². The van der Waals surface area contributed by atoms with Crippen molar-refractivity contribution in [1.29, 1.82) is 0 Å². The maximum atomic E-state index is 5.82. The summed E-state index contributed by atoms with van der Waals surface area (Å²) in [5, 5.41) is 3.62. The van der Waals surface area contributed by atoms with E-state index in [1.807, 2.05) is 0 Å². The summed E-state index contributed by atoms with van der Waals surface area (Å²) in [7, 11) is 0. The van der Waals surface area contributed by atoms with E-state index >= 15 is 0 Å². The molecule has 0 amide bonds. The summed E-state index contributed by atoms with van der Waals surface area (Å²) in [6, 6.07) is 0. The summed E-state index contributed by atoms with van der Waals surface area (Å²) in [5.41, 5.74) is 6.36. The third kappa shape index (κ3) is 3.23. The number of rotatable bonds is 6. The monoisotopic (exact) mass is 256 g/mol. The van der Waals surface area contributed by atoms with Gasteiger partial charge in [0, 0.05) is 38.3 Å². The first-order valence-corrected chi connectivity index (χ1v) is 7.14. The maximum Gasteiger partial charge on any atom is 0.0569 e. The van der Waals surface area contributed by atoms with E-state index in [1.165, 1.54) is 12.8 Å². The molecule has 18 heavy (non-hydrogen) atoms. The molecule has 0 aliphatic carbocycles. The Labute approximate surface area is 111 Å². The molecule has 0 radical (unpaired) electrons. The number of hydrogen-bond donors (Lipinski definition) is 2. The number of nitrogens with two attached hydrogens (primary N) is 1. The Hall–Kier alpha value is -0.160. The quantitative estimate of drug-likeness (QED) is 0.744. The number of hydrogen-bond acceptors (Lipinski definition) is 4. The minimum atomic E-state index is 0.200. The van der Waals surface area contributed by atoms with Crippen molar-refractivity contribution < 1.29 is 9.47 Å². The van der Waals surface area contributed by atoms with E-state index in [9.17, 15) is 0 Å². The van der Waals surface area contributed by atoms with Crippen LogP contribution in [0.5, 0.6) is 0 Å². The molecule has 0 unspecified atom stereocenters. The largest absolute Gasteiger partial charge is 0.381 e. The molecule has 4 nitrogen and oxygen atoms in total. The second-order valence-corrected chi connectivity index (χ2v) is 6.68. The van der Waals surface area contributed by atoms with Crippen molar-refractivity contribution in [2.45, 2.75) is 26.7 Å². The van der Waals surface area contributed by atoms with Crippen LogP contribution in [0.2, 0.25) is 0 Å². The van der Waals surface area contributed by atoms with Crippen LogP contribution in [0.15, 0.2) is 0 Å². The van der Waals surface area contributed by atoms with Gasteiger partial charge in [-0.2, -0.15) is 0 Å². The van der Waals surface area contributed by atoms with Crippen molar-refractivity contribution in [3.05, 3.63) is 0 Å². The van der Waals surface area contributed by atoms with Gasteiger partial charge >= 0.3 is 0 Å². The predicted molar refractivity (Wildman–Crippen MR) is 72.5 cm³/mol. The smallest absolute Gasteiger partial charge is 0.0569 e. The molecule has 0 aromatic carbocycles. The number of ether oxygens (including phenoxy) is 2. The van der Waals surface area contributed by atoms with Crippen LogP contribution in [-0.2, 0) is 9.47 Å². The Morgan fingerprint density at radius 1 is 1.22 bits per heavy atom. The van der Waals surface area contributed by atoms with E-state index in [-0.39, 0.29) is 5.41 Å². The van der Waals surface area contributed by atoms with Crippen molar-refractivity contribution in [2.75, 3.05) is 46.1 Å². The van der Waals surface area contributed by atoms with Gasteiger partial charge in [-0.15, -0.1) is 0 Å². The lowest BCUT2D eigenvalue weighted by Crippen LogP contribution is -2.55. The van der Waals surface area contributed by atoms with Crippen molar-refractivity contribution in [3.8, 4) is 0 Å². The van der Waals surface area contributed by atoms with E-state index in [2.05, 4.69) is 19.2 Å². The van der Waals surface area contributed by atoms with E-state index in [4.69, 9.17) is 15.2 Å². The van der Waals surface area contributed by atoms with E-state index in [0.29, 0.717) is 5.41 Å². The van der Waals surface area contributed by atoms with Crippen LogP contribution in [0.3, 0.4) is 0 Å². The third-order valence-corrected chi connectivity index (χ3v) is 4.66. The highest BCUT2D eigenvalue weighted by Crippen LogP contribution is 2.34. The predicted octanol–water partition coefficient (Wildman–Crippen LogP) is 1.00. The van der Waals surface area contributed by atoms with E-state index in [0.717, 1.165) is 52.0 Å². The summed E-state index contributed by atoms with van der Waals surface area (Å²) in [4.78, 5) is 0. The molecule has 0 atom stereocenters. The standard InChI is InChI=1S/C14H28N2O2/c1-13(2,12-3-5-17-6-4-12)8-16-9-14(7-15)10-18-11-14/h12,16H,3-11,15H2,1-2H3. The maximum absolute atomic E-state index is 5.82. The van der Waals surface area contributed by atoms with Gasteiger partial charge in [0.05, 0.1) is 13.2 Å². The van der Waals surface area contributed by atoms with Crippen molar-refractivity contribution >= 4 is 0 Å². The molecule has 106 valence electrons. The van der Waals surface area contributed by atoms with Crippen LogP contribution in [0.1, 0.15) is 26.7 Å². The molecule has 2 saturated heterocycles. The fraction of sp³-hybridized carbons (Fsp3) is 1.00. The Balaban J connectivity index is 1.74. The van der Waals surface area contributed by atoms with Crippen LogP contribution in [-0.4, -0.2) is 46.1 Å². The zero-order valence-electron chi connectivity index (χ0n) is 11.8. The molecule has 2 heterocycles. The molecule has 0 bridgehead atoms. The van der Waals surface area contributed by atoms with Crippen LogP contribution in [0, 0.1) is 16.7 Å². The average molecular weight is 256 g/mol. The minimum absolute atomic E-state index is 0.200. The van der Waals surface area contributed by atoms with E-state index in [1.54, 1.807) is 0 Å². The van der Waals surface area contributed by atoms with Crippen molar-refractivity contribution in [3.63, 3.8) is 0 Å². The molecule has 2 aliphatic heterocycles. The molecule has 0 spiro atoms. The lowest BCUT2D eigenvalue weighted by Gasteiger charge is -2.42. The lowest BCUT2D eigenvalue weighted by molar-refractivity contribution is -0.106. The highest BCUT2D eigenvalue weighted by atomic mass is 16.5. The average Bonchev–Trinajstić information content (AvgIpc) is 2.34. The lowest BCUT2D eigenvalue weighted by atomic mass is 9.74. The fourth-order valence-electron chi connectivity index (χ4n) is 2.96. The van der Waals surface area contributed by atoms with Gasteiger partial charge in [0.25, 0.3) is 0 Å². The van der Waals surface area contributed by atoms with Crippen LogP contribution in [0.25, 0.3) is 0 Å². The van der Waals surface area contributed by atoms with Crippen molar-refractivity contribution in [1.82, 2.24) is 5.32 Å². The second kappa shape index (κ2) is 5.87. The first-order chi connectivity index (χ1) is 8.58. The molecule has 3 N–H and O–H groups in total. The minimum Gasteiger partial charge on any atom is -0.381 e. The Morgan fingerprint density at radius 3 is 2.39 bits per heavy atom. The molecule has 2 aliphatic rings.